The van der Waals surface area contributed by atoms with Crippen LogP contribution in [0.4, 0.5) is 0 Å². The highest BCUT2D eigenvalue weighted by Crippen LogP contribution is 2.26. The fourth-order valence-electron chi connectivity index (χ4n) is 2.08. The van der Waals surface area contributed by atoms with E-state index in [0.29, 0.717) is 11.6 Å². The standard InChI is InChI=1S/C14H18ClNO2/c1-18-13-6-5-12(15)9-11(13)7-8-16-14(17)10-3-2-4-10/h5-6,9-10H,2-4,7-8H2,1H3,(H,16,17). The predicted molar refractivity (Wildman–Crippen MR) is 72.1 cm³/mol. The van der Waals surface area contributed by atoms with E-state index in [4.69, 9.17) is 16.3 Å². The topological polar surface area (TPSA) is 38.3 Å². The van der Waals surface area contributed by atoms with Crippen LogP contribution in [-0.2, 0) is 11.2 Å². The summed E-state index contributed by atoms with van der Waals surface area (Å²) in [6.45, 7) is 0.631. The van der Waals surface area contributed by atoms with Crippen LogP contribution in [-0.4, -0.2) is 19.6 Å². The highest BCUT2D eigenvalue weighted by Gasteiger charge is 2.24. The second-order valence-electron chi connectivity index (χ2n) is 4.63. The monoisotopic (exact) mass is 267 g/mol. The molecule has 0 bridgehead atoms. The molecule has 1 saturated carbocycles. The first kappa shape index (κ1) is 13.2. The predicted octanol–water partition coefficient (Wildman–Crippen LogP) is 2.81. The van der Waals surface area contributed by atoms with E-state index < -0.39 is 0 Å². The van der Waals surface area contributed by atoms with Crippen LogP contribution >= 0.6 is 11.6 Å². The Morgan fingerprint density at radius 1 is 1.50 bits per heavy atom. The van der Waals surface area contributed by atoms with Gasteiger partial charge in [0.25, 0.3) is 0 Å². The summed E-state index contributed by atoms with van der Waals surface area (Å²) in [5, 5.41) is 3.66. The van der Waals surface area contributed by atoms with Crippen molar-refractivity contribution in [1.82, 2.24) is 5.32 Å². The summed E-state index contributed by atoms with van der Waals surface area (Å²) in [6, 6.07) is 5.54. The first-order valence-corrected chi connectivity index (χ1v) is 6.68. The highest BCUT2D eigenvalue weighted by atomic mass is 35.5. The van der Waals surface area contributed by atoms with E-state index in [1.54, 1.807) is 13.2 Å². The van der Waals surface area contributed by atoms with Gasteiger partial charge in [-0.2, -0.15) is 0 Å². The molecule has 0 aromatic heterocycles. The number of hydrogen-bond acceptors (Lipinski definition) is 2. The molecular weight excluding hydrogens is 250 g/mol. The molecule has 1 N–H and O–H groups in total. The Bertz CT molecular complexity index is 430. The third-order valence-corrected chi connectivity index (χ3v) is 3.65. The van der Waals surface area contributed by atoms with Crippen molar-refractivity contribution in [2.24, 2.45) is 5.92 Å². The quantitative estimate of drug-likeness (QED) is 0.891. The SMILES string of the molecule is COc1ccc(Cl)cc1CCNC(=O)C1CCC1. The van der Waals surface area contributed by atoms with E-state index >= 15 is 0 Å². The Morgan fingerprint density at radius 3 is 2.89 bits per heavy atom. The Kier molecular flexibility index (Phi) is 4.48. The van der Waals surface area contributed by atoms with Crippen molar-refractivity contribution >= 4 is 17.5 Å². The van der Waals surface area contributed by atoms with Gasteiger partial charge in [0.2, 0.25) is 5.91 Å². The molecule has 0 radical (unpaired) electrons. The number of methoxy groups -OCH3 is 1. The number of hydrogen-bond donors (Lipinski definition) is 1. The van der Waals surface area contributed by atoms with Gasteiger partial charge in [-0.15, -0.1) is 0 Å². The maximum absolute atomic E-state index is 11.7. The number of nitrogens with one attached hydrogen (secondary N) is 1. The van der Waals surface area contributed by atoms with Gasteiger partial charge >= 0.3 is 0 Å². The number of amides is 1. The van der Waals surface area contributed by atoms with Gasteiger partial charge in [-0.1, -0.05) is 18.0 Å². The van der Waals surface area contributed by atoms with Crippen LogP contribution in [0.15, 0.2) is 18.2 Å². The first-order chi connectivity index (χ1) is 8.70. The molecule has 0 heterocycles. The lowest BCUT2D eigenvalue weighted by atomic mass is 9.85. The third-order valence-electron chi connectivity index (χ3n) is 3.41. The molecule has 0 unspecified atom stereocenters. The van der Waals surface area contributed by atoms with Crippen LogP contribution in [0, 0.1) is 5.92 Å². The molecule has 4 heteroatoms. The van der Waals surface area contributed by atoms with Gasteiger partial charge in [0.05, 0.1) is 7.11 Å². The Morgan fingerprint density at radius 2 is 2.28 bits per heavy atom. The zero-order chi connectivity index (χ0) is 13.0. The second kappa shape index (κ2) is 6.10. The van der Waals surface area contributed by atoms with Crippen LogP contribution in [0.2, 0.25) is 5.02 Å². The smallest absolute Gasteiger partial charge is 0.223 e. The fourth-order valence-corrected chi connectivity index (χ4v) is 2.27. The molecule has 0 atom stereocenters. The minimum Gasteiger partial charge on any atom is -0.496 e. The van der Waals surface area contributed by atoms with Gasteiger partial charge in [0, 0.05) is 17.5 Å². The summed E-state index contributed by atoms with van der Waals surface area (Å²) < 4.78 is 5.27. The number of carbonyl (C=O) groups excluding carboxylic acids is 1. The van der Waals surface area contributed by atoms with E-state index in [1.165, 1.54) is 6.42 Å². The molecule has 3 nitrogen and oxygen atoms in total. The number of ether oxygens (including phenoxy) is 1. The summed E-state index contributed by atoms with van der Waals surface area (Å²) in [5.41, 5.74) is 1.03. The average Bonchev–Trinajstić information content (AvgIpc) is 2.27. The average molecular weight is 268 g/mol. The van der Waals surface area contributed by atoms with Gasteiger partial charge in [-0.3, -0.25) is 4.79 Å². The molecule has 1 fully saturated rings. The van der Waals surface area contributed by atoms with E-state index in [-0.39, 0.29) is 11.8 Å². The molecule has 1 amide bonds. The van der Waals surface area contributed by atoms with Gasteiger partial charge in [-0.25, -0.2) is 0 Å². The van der Waals surface area contributed by atoms with Gasteiger partial charge in [-0.05, 0) is 43.0 Å². The minimum absolute atomic E-state index is 0.183. The molecule has 1 aliphatic rings. The highest BCUT2D eigenvalue weighted by molar-refractivity contribution is 6.30. The summed E-state index contributed by atoms with van der Waals surface area (Å²) >= 11 is 5.95. The van der Waals surface area contributed by atoms with Crippen molar-refractivity contribution in [3.63, 3.8) is 0 Å². The summed E-state index contributed by atoms with van der Waals surface area (Å²) in [4.78, 5) is 11.7. The fraction of sp³-hybridized carbons (Fsp3) is 0.500. The molecule has 18 heavy (non-hydrogen) atoms. The number of halogens is 1. The van der Waals surface area contributed by atoms with Crippen LogP contribution in [0.25, 0.3) is 0 Å². The van der Waals surface area contributed by atoms with Crippen molar-refractivity contribution in [1.29, 1.82) is 0 Å². The van der Waals surface area contributed by atoms with Crippen LogP contribution < -0.4 is 10.1 Å². The van der Waals surface area contributed by atoms with Crippen molar-refractivity contribution in [3.8, 4) is 5.75 Å². The van der Waals surface area contributed by atoms with Crippen LogP contribution in [0.1, 0.15) is 24.8 Å². The maximum atomic E-state index is 11.7. The lowest BCUT2D eigenvalue weighted by molar-refractivity contribution is -0.127. The molecule has 0 spiro atoms. The number of rotatable bonds is 5. The van der Waals surface area contributed by atoms with Gasteiger partial charge in [0.15, 0.2) is 0 Å². The Hall–Kier alpha value is -1.22. The zero-order valence-electron chi connectivity index (χ0n) is 10.5. The number of benzene rings is 1. The van der Waals surface area contributed by atoms with Crippen molar-refractivity contribution in [2.45, 2.75) is 25.7 Å². The maximum Gasteiger partial charge on any atom is 0.223 e. The first-order valence-electron chi connectivity index (χ1n) is 6.31. The molecule has 1 aliphatic carbocycles. The van der Waals surface area contributed by atoms with Crippen molar-refractivity contribution in [3.05, 3.63) is 28.8 Å². The largest absolute Gasteiger partial charge is 0.496 e. The summed E-state index contributed by atoms with van der Waals surface area (Å²) in [7, 11) is 1.64. The molecule has 98 valence electrons. The van der Waals surface area contributed by atoms with E-state index in [2.05, 4.69) is 5.32 Å². The Labute approximate surface area is 112 Å². The normalized spacial score (nSPS) is 15.0. The van der Waals surface area contributed by atoms with E-state index in [1.807, 2.05) is 12.1 Å². The van der Waals surface area contributed by atoms with Gasteiger partial charge in [0.1, 0.15) is 5.75 Å². The zero-order valence-corrected chi connectivity index (χ0v) is 11.3. The molecule has 2 rings (SSSR count). The molecule has 0 saturated heterocycles. The van der Waals surface area contributed by atoms with Crippen molar-refractivity contribution < 1.29 is 9.53 Å². The lowest BCUT2D eigenvalue weighted by Crippen LogP contribution is -2.35. The van der Waals surface area contributed by atoms with Crippen LogP contribution in [0.5, 0.6) is 5.75 Å². The van der Waals surface area contributed by atoms with Crippen molar-refractivity contribution in [2.75, 3.05) is 13.7 Å². The minimum atomic E-state index is 0.183. The van der Waals surface area contributed by atoms with Crippen LogP contribution in [0.3, 0.4) is 0 Å². The molecular formula is C14H18ClNO2. The second-order valence-corrected chi connectivity index (χ2v) is 5.06. The molecule has 0 aliphatic heterocycles. The van der Waals surface area contributed by atoms with E-state index in [9.17, 15) is 4.79 Å². The van der Waals surface area contributed by atoms with E-state index in [0.717, 1.165) is 30.6 Å². The third kappa shape index (κ3) is 3.16. The lowest BCUT2D eigenvalue weighted by Gasteiger charge is -2.24. The summed E-state index contributed by atoms with van der Waals surface area (Å²) in [5.74, 6) is 1.24. The Balaban J connectivity index is 1.85. The number of carbonyl (C=O) groups is 1. The summed E-state index contributed by atoms with van der Waals surface area (Å²) in [6.07, 6.45) is 3.99. The van der Waals surface area contributed by atoms with Gasteiger partial charge < -0.3 is 10.1 Å². The molecule has 1 aromatic carbocycles. The molecule has 1 aromatic rings.